The van der Waals surface area contributed by atoms with Crippen molar-refractivity contribution in [3.63, 3.8) is 0 Å². The molecular formula is C23H32N4O8. The molecule has 2 aliphatic heterocycles. The molecule has 0 radical (unpaired) electrons. The zero-order valence-electron chi connectivity index (χ0n) is 20.3. The third-order valence-electron chi connectivity index (χ3n) is 5.14. The van der Waals surface area contributed by atoms with Gasteiger partial charge in [0, 0.05) is 30.6 Å². The molecule has 1 aromatic carbocycles. The predicted molar refractivity (Wildman–Crippen MR) is 122 cm³/mol. The van der Waals surface area contributed by atoms with Crippen molar-refractivity contribution >= 4 is 12.1 Å². The van der Waals surface area contributed by atoms with Gasteiger partial charge in [-0.15, -0.1) is 0 Å². The minimum absolute atomic E-state index is 0.145. The molecule has 0 aliphatic carbocycles. The lowest BCUT2D eigenvalue weighted by molar-refractivity contribution is -0.332. The molecule has 12 nitrogen and oxygen atoms in total. The van der Waals surface area contributed by atoms with Gasteiger partial charge in [-0.25, -0.2) is 4.79 Å². The summed E-state index contributed by atoms with van der Waals surface area (Å²) in [4.78, 5) is 26.6. The third-order valence-corrected chi connectivity index (χ3v) is 5.14. The van der Waals surface area contributed by atoms with E-state index in [1.165, 1.54) is 6.92 Å². The number of fused-ring (bicyclic) bond motifs is 1. The molecule has 3 unspecified atom stereocenters. The van der Waals surface area contributed by atoms with Crippen LogP contribution < -0.4 is 5.32 Å². The number of carbonyl (C=O) groups is 2. The highest BCUT2D eigenvalue weighted by molar-refractivity contribution is 5.67. The number of hydrogen-bond acceptors (Lipinski definition) is 9. The minimum Gasteiger partial charge on any atom is -0.457 e. The number of rotatable bonds is 8. The fourth-order valence-electron chi connectivity index (χ4n) is 3.79. The molecule has 192 valence electrons. The Morgan fingerprint density at radius 2 is 1.94 bits per heavy atom. The predicted octanol–water partition coefficient (Wildman–Crippen LogP) is 3.37. The van der Waals surface area contributed by atoms with E-state index in [0.29, 0.717) is 13.0 Å². The van der Waals surface area contributed by atoms with Gasteiger partial charge in [0.15, 0.2) is 18.6 Å². The van der Waals surface area contributed by atoms with Gasteiger partial charge in [-0.1, -0.05) is 35.4 Å². The zero-order chi connectivity index (χ0) is 25.4. The third kappa shape index (κ3) is 7.81. The molecule has 2 heterocycles. The van der Waals surface area contributed by atoms with Crippen LogP contribution in [0.4, 0.5) is 4.79 Å². The van der Waals surface area contributed by atoms with Gasteiger partial charge < -0.3 is 33.7 Å². The summed E-state index contributed by atoms with van der Waals surface area (Å²) in [6.07, 6.45) is -5.04. The van der Waals surface area contributed by atoms with Gasteiger partial charge >= 0.3 is 12.1 Å². The molecule has 35 heavy (non-hydrogen) atoms. The summed E-state index contributed by atoms with van der Waals surface area (Å²) in [6, 6.07) is 9.34. The maximum Gasteiger partial charge on any atom is 0.407 e. The topological polar surface area (TPSA) is 150 Å². The van der Waals surface area contributed by atoms with Crippen molar-refractivity contribution in [3.8, 4) is 0 Å². The number of carbonyl (C=O) groups excluding carboxylic acids is 2. The maximum atomic E-state index is 11.9. The number of ether oxygens (including phenoxy) is 6. The standard InChI is InChI=1S/C23H32N4O8/c1-14(28)32-18-17-16(13-31-21(34-17)15-9-6-5-7-10-15)33-20(26-27-24)19(18)30-12-8-11-25-22(29)35-23(2,3)4/h5-7,9-10,16-21H,8,11-13H2,1-4H3,(H,25,29)/t16?,17-,18-,19?,20+,21?/m0/s1. The van der Waals surface area contributed by atoms with E-state index in [0.717, 1.165) is 5.56 Å². The molecule has 2 saturated heterocycles. The largest absolute Gasteiger partial charge is 0.457 e. The van der Waals surface area contributed by atoms with Crippen molar-refractivity contribution in [2.75, 3.05) is 19.8 Å². The molecule has 2 fully saturated rings. The lowest BCUT2D eigenvalue weighted by atomic mass is 9.96. The van der Waals surface area contributed by atoms with E-state index in [1.54, 1.807) is 20.8 Å². The van der Waals surface area contributed by atoms with Gasteiger partial charge in [-0.05, 0) is 32.7 Å². The lowest BCUT2D eigenvalue weighted by Crippen LogP contribution is -2.63. The minimum atomic E-state index is -1.06. The van der Waals surface area contributed by atoms with Gasteiger partial charge in [0.25, 0.3) is 0 Å². The second kappa shape index (κ2) is 12.2. The Hall–Kier alpha value is -2.89. The van der Waals surface area contributed by atoms with Crippen LogP contribution >= 0.6 is 0 Å². The van der Waals surface area contributed by atoms with Crippen molar-refractivity contribution in [2.24, 2.45) is 5.11 Å². The molecule has 1 aromatic rings. The smallest absolute Gasteiger partial charge is 0.407 e. The van der Waals surface area contributed by atoms with E-state index >= 15 is 0 Å². The van der Waals surface area contributed by atoms with Crippen LogP contribution in [0.1, 0.15) is 46.0 Å². The van der Waals surface area contributed by atoms with Crippen LogP contribution in [-0.2, 0) is 33.2 Å². The number of hydrogen-bond donors (Lipinski definition) is 1. The molecule has 3 rings (SSSR count). The summed E-state index contributed by atoms with van der Waals surface area (Å²) in [7, 11) is 0. The van der Waals surface area contributed by atoms with Crippen molar-refractivity contribution < 1.29 is 38.0 Å². The average Bonchev–Trinajstić information content (AvgIpc) is 2.79. The molecule has 0 aromatic heterocycles. The first-order valence-electron chi connectivity index (χ1n) is 11.5. The second-order valence-corrected chi connectivity index (χ2v) is 9.14. The lowest BCUT2D eigenvalue weighted by Gasteiger charge is -2.47. The number of nitrogens with one attached hydrogen (secondary N) is 1. The van der Waals surface area contributed by atoms with Crippen LogP contribution in [0.15, 0.2) is 35.4 Å². The highest BCUT2D eigenvalue weighted by atomic mass is 16.7. The average molecular weight is 493 g/mol. The Balaban J connectivity index is 1.67. The Morgan fingerprint density at radius 3 is 2.60 bits per heavy atom. The molecular weight excluding hydrogens is 460 g/mol. The van der Waals surface area contributed by atoms with Crippen LogP contribution in [0.3, 0.4) is 0 Å². The number of alkyl carbamates (subject to hydrolysis) is 1. The Bertz CT molecular complexity index is 903. The number of esters is 1. The van der Waals surface area contributed by atoms with Crippen molar-refractivity contribution in [3.05, 3.63) is 46.3 Å². The first-order valence-corrected chi connectivity index (χ1v) is 11.5. The van der Waals surface area contributed by atoms with E-state index < -0.39 is 54.6 Å². The van der Waals surface area contributed by atoms with Crippen molar-refractivity contribution in [1.29, 1.82) is 0 Å². The molecule has 1 amide bonds. The zero-order valence-corrected chi connectivity index (χ0v) is 20.3. The van der Waals surface area contributed by atoms with Crippen LogP contribution in [0, 0.1) is 0 Å². The normalized spacial score (nSPS) is 28.2. The molecule has 6 atom stereocenters. The van der Waals surface area contributed by atoms with Crippen LogP contribution in [0.25, 0.3) is 10.4 Å². The van der Waals surface area contributed by atoms with E-state index in [4.69, 9.17) is 34.0 Å². The number of benzene rings is 1. The molecule has 0 saturated carbocycles. The van der Waals surface area contributed by atoms with Gasteiger partial charge in [0.05, 0.1) is 6.61 Å². The van der Waals surface area contributed by atoms with E-state index in [2.05, 4.69) is 15.3 Å². The monoisotopic (exact) mass is 492 g/mol. The molecule has 1 N–H and O–H groups in total. The SMILES string of the molecule is CC(=O)O[C@@H]1C(OCCCNC(=O)OC(C)(C)C)[C@H](N=[N+]=[N-])OC2COC(c3ccccc3)O[C@@H]21. The summed E-state index contributed by atoms with van der Waals surface area (Å²) in [6.45, 7) is 7.20. The summed E-state index contributed by atoms with van der Waals surface area (Å²) in [5, 5.41) is 6.34. The molecule has 0 spiro atoms. The van der Waals surface area contributed by atoms with E-state index in [-0.39, 0.29) is 13.2 Å². The highest BCUT2D eigenvalue weighted by Gasteiger charge is 2.52. The Kier molecular flexibility index (Phi) is 9.30. The van der Waals surface area contributed by atoms with E-state index in [1.807, 2.05) is 30.3 Å². The van der Waals surface area contributed by atoms with E-state index in [9.17, 15) is 9.59 Å². The maximum absolute atomic E-state index is 11.9. The first-order chi connectivity index (χ1) is 16.7. The molecule has 0 bridgehead atoms. The quantitative estimate of drug-likeness (QED) is 0.191. The first kappa shape index (κ1) is 26.7. The summed E-state index contributed by atoms with van der Waals surface area (Å²) >= 11 is 0. The second-order valence-electron chi connectivity index (χ2n) is 9.14. The van der Waals surface area contributed by atoms with Gasteiger partial charge in [-0.2, -0.15) is 0 Å². The Labute approximate surface area is 203 Å². The summed E-state index contributed by atoms with van der Waals surface area (Å²) < 4.78 is 34.6. The number of azide groups is 1. The number of nitrogens with zero attached hydrogens (tertiary/aromatic N) is 3. The van der Waals surface area contributed by atoms with Crippen LogP contribution in [0.5, 0.6) is 0 Å². The van der Waals surface area contributed by atoms with Crippen LogP contribution in [0.2, 0.25) is 0 Å². The Morgan fingerprint density at radius 1 is 1.20 bits per heavy atom. The fraction of sp³-hybridized carbons (Fsp3) is 0.652. The summed E-state index contributed by atoms with van der Waals surface area (Å²) in [5.41, 5.74) is 9.25. The highest BCUT2D eigenvalue weighted by Crippen LogP contribution is 2.36. The van der Waals surface area contributed by atoms with Crippen LogP contribution in [-0.4, -0.2) is 68.1 Å². The van der Waals surface area contributed by atoms with Gasteiger partial charge in [0.2, 0.25) is 0 Å². The fourth-order valence-corrected chi connectivity index (χ4v) is 3.79. The van der Waals surface area contributed by atoms with Gasteiger partial charge in [0.1, 0.15) is 23.9 Å². The number of amides is 1. The molecule has 2 aliphatic rings. The molecule has 12 heteroatoms. The summed E-state index contributed by atoms with van der Waals surface area (Å²) in [5.74, 6) is -0.540. The van der Waals surface area contributed by atoms with Crippen molar-refractivity contribution in [2.45, 2.75) is 76.7 Å². The van der Waals surface area contributed by atoms with Crippen molar-refractivity contribution in [1.82, 2.24) is 5.32 Å². The van der Waals surface area contributed by atoms with Gasteiger partial charge in [-0.3, -0.25) is 4.79 Å².